The Morgan fingerprint density at radius 2 is 1.83 bits per heavy atom. The molecular weight excluding hydrogens is 488 g/mol. The number of carbonyl (C=O) groups excluding carboxylic acids is 2. The van der Waals surface area contributed by atoms with Crippen molar-refractivity contribution in [3.8, 4) is 17.4 Å². The van der Waals surface area contributed by atoms with Gasteiger partial charge in [-0.15, -0.1) is 0 Å². The average Bonchev–Trinajstić information content (AvgIpc) is 3.16. The number of benzene rings is 2. The molecule has 3 aromatic rings. The number of cyclic esters (lactones) is 1. The second kappa shape index (κ2) is 10.1. The zero-order chi connectivity index (χ0) is 25.9. The first-order valence-corrected chi connectivity index (χ1v) is 10.5. The van der Waals surface area contributed by atoms with Crippen LogP contribution in [-0.2, 0) is 11.2 Å². The van der Waals surface area contributed by atoms with E-state index >= 15 is 0 Å². The molecule has 1 saturated heterocycles. The quantitative estimate of drug-likeness (QED) is 0.414. The molecule has 0 spiro atoms. The van der Waals surface area contributed by atoms with Crippen LogP contribution >= 0.6 is 0 Å². The first-order chi connectivity index (χ1) is 17.1. The maximum absolute atomic E-state index is 13.3. The molecule has 2 aromatic carbocycles. The van der Waals surface area contributed by atoms with E-state index in [0.29, 0.717) is 22.1 Å². The Morgan fingerprint density at radius 1 is 1.08 bits per heavy atom. The topological polar surface area (TPSA) is 101 Å². The highest BCUT2D eigenvalue weighted by Crippen LogP contribution is 2.36. The summed E-state index contributed by atoms with van der Waals surface area (Å²) in [5, 5.41) is 11.7. The number of carbonyl (C=O) groups is 2. The van der Waals surface area contributed by atoms with Crippen molar-refractivity contribution in [1.29, 1.82) is 0 Å². The average molecular weight is 505 g/mol. The number of ether oxygens (including phenoxy) is 3. The molecule has 0 radical (unpaired) electrons. The van der Waals surface area contributed by atoms with E-state index in [-0.39, 0.29) is 12.0 Å². The van der Waals surface area contributed by atoms with E-state index in [2.05, 4.69) is 9.72 Å². The first kappa shape index (κ1) is 24.8. The number of carboxylic acid groups (broad SMARTS) is 1. The van der Waals surface area contributed by atoms with Gasteiger partial charge in [0.2, 0.25) is 5.88 Å². The van der Waals surface area contributed by atoms with Crippen LogP contribution in [0.5, 0.6) is 17.4 Å². The number of hydrogen-bond donors (Lipinski definition) is 0. The Hall–Kier alpha value is -4.35. The van der Waals surface area contributed by atoms with Crippen LogP contribution in [0.25, 0.3) is 0 Å². The van der Waals surface area contributed by atoms with Crippen LogP contribution in [0.1, 0.15) is 17.2 Å². The Kier molecular flexibility index (Phi) is 6.95. The van der Waals surface area contributed by atoms with Gasteiger partial charge in [0.1, 0.15) is 23.7 Å². The van der Waals surface area contributed by atoms with Crippen LogP contribution in [0.4, 0.5) is 27.2 Å². The van der Waals surface area contributed by atoms with Crippen molar-refractivity contribution in [3.63, 3.8) is 0 Å². The highest BCUT2D eigenvalue weighted by molar-refractivity contribution is 5.88. The highest BCUT2D eigenvalue weighted by atomic mass is 19.3. The normalized spacial score (nSPS) is 17.7. The standard InChI is InChI=1S/C24H18F4N2O6/c25-21(26)24(27,28)36-17-5-3-4-14(12-17)13-18-20(35-23(33)30(18)22(31)32)15-7-9-16(10-8-15)34-19-6-1-2-11-29-19/h1-12,18,20-21H,13H2,(H,31,32)/p-1. The summed E-state index contributed by atoms with van der Waals surface area (Å²) in [6, 6.07) is 15.0. The second-order valence-corrected chi connectivity index (χ2v) is 7.66. The fourth-order valence-electron chi connectivity index (χ4n) is 3.65. The van der Waals surface area contributed by atoms with Gasteiger partial charge in [-0.05, 0) is 47.9 Å². The van der Waals surface area contributed by atoms with Gasteiger partial charge in [-0.25, -0.2) is 9.78 Å². The Bertz CT molecular complexity index is 1230. The van der Waals surface area contributed by atoms with E-state index in [4.69, 9.17) is 9.47 Å². The molecule has 2 unspecified atom stereocenters. The lowest BCUT2D eigenvalue weighted by molar-refractivity contribution is -0.262. The lowest BCUT2D eigenvalue weighted by Gasteiger charge is -2.25. The van der Waals surface area contributed by atoms with Gasteiger partial charge in [-0.2, -0.15) is 17.6 Å². The van der Waals surface area contributed by atoms with Crippen molar-refractivity contribution in [2.45, 2.75) is 31.1 Å². The van der Waals surface area contributed by atoms with Gasteiger partial charge < -0.3 is 24.1 Å². The number of halogens is 4. The smallest absolute Gasteiger partial charge is 0.461 e. The van der Waals surface area contributed by atoms with E-state index in [1.165, 1.54) is 12.1 Å². The molecule has 2 amide bonds. The lowest BCUT2D eigenvalue weighted by Crippen LogP contribution is -2.47. The number of amides is 2. The molecule has 1 aromatic heterocycles. The fraction of sp³-hybridized carbons (Fsp3) is 0.208. The largest absolute Gasteiger partial charge is 0.529 e. The molecule has 0 saturated carbocycles. The molecule has 188 valence electrons. The van der Waals surface area contributed by atoms with Gasteiger partial charge in [0.05, 0.1) is 6.04 Å². The molecule has 36 heavy (non-hydrogen) atoms. The Labute approximate surface area is 201 Å². The summed E-state index contributed by atoms with van der Waals surface area (Å²) in [7, 11) is 0. The third-order valence-corrected chi connectivity index (χ3v) is 5.22. The molecule has 2 atom stereocenters. The molecule has 8 nitrogen and oxygen atoms in total. The van der Waals surface area contributed by atoms with E-state index in [1.54, 1.807) is 48.7 Å². The molecule has 2 heterocycles. The van der Waals surface area contributed by atoms with Gasteiger partial charge in [-0.1, -0.05) is 30.3 Å². The lowest BCUT2D eigenvalue weighted by atomic mass is 9.95. The number of alkyl halides is 4. The highest BCUT2D eigenvalue weighted by Gasteiger charge is 2.45. The summed E-state index contributed by atoms with van der Waals surface area (Å²) in [6.07, 6.45) is -11.5. The Morgan fingerprint density at radius 3 is 2.47 bits per heavy atom. The summed E-state index contributed by atoms with van der Waals surface area (Å²) in [5.74, 6) is 0.202. The minimum atomic E-state index is -4.72. The summed E-state index contributed by atoms with van der Waals surface area (Å²) in [5.41, 5.74) is 0.648. The second-order valence-electron chi connectivity index (χ2n) is 7.66. The van der Waals surface area contributed by atoms with Gasteiger partial charge in [-0.3, -0.25) is 4.90 Å². The molecule has 4 rings (SSSR count). The van der Waals surface area contributed by atoms with Gasteiger partial charge in [0.15, 0.2) is 0 Å². The van der Waals surface area contributed by atoms with Crippen LogP contribution in [0, 0.1) is 0 Å². The zero-order valence-electron chi connectivity index (χ0n) is 18.2. The number of hydrogen-bond acceptors (Lipinski definition) is 7. The van der Waals surface area contributed by atoms with Crippen molar-refractivity contribution in [1.82, 2.24) is 9.88 Å². The van der Waals surface area contributed by atoms with E-state index in [1.807, 2.05) is 0 Å². The van der Waals surface area contributed by atoms with Crippen molar-refractivity contribution in [2.75, 3.05) is 0 Å². The Balaban J connectivity index is 1.56. The van der Waals surface area contributed by atoms with Crippen LogP contribution in [0.15, 0.2) is 72.9 Å². The predicted octanol–water partition coefficient (Wildman–Crippen LogP) is 4.56. The predicted molar refractivity (Wildman–Crippen MR) is 113 cm³/mol. The number of pyridine rings is 1. The van der Waals surface area contributed by atoms with Gasteiger partial charge >= 0.3 is 18.6 Å². The van der Waals surface area contributed by atoms with Crippen LogP contribution in [0.2, 0.25) is 0 Å². The molecular formula is C24H17F4N2O6-. The van der Waals surface area contributed by atoms with Gasteiger partial charge in [0, 0.05) is 12.3 Å². The third kappa shape index (κ3) is 5.48. The minimum Gasteiger partial charge on any atom is -0.529 e. The van der Waals surface area contributed by atoms with E-state index in [0.717, 1.165) is 12.1 Å². The summed E-state index contributed by atoms with van der Waals surface area (Å²) < 4.78 is 66.5. The number of rotatable bonds is 8. The number of nitrogens with zero attached hydrogens (tertiary/aromatic N) is 2. The zero-order valence-corrected chi connectivity index (χ0v) is 18.2. The fourth-order valence-corrected chi connectivity index (χ4v) is 3.65. The summed E-state index contributed by atoms with van der Waals surface area (Å²) >= 11 is 0. The van der Waals surface area contributed by atoms with E-state index in [9.17, 15) is 32.3 Å². The van der Waals surface area contributed by atoms with Crippen LogP contribution in [-0.4, -0.2) is 40.6 Å². The van der Waals surface area contributed by atoms with Crippen molar-refractivity contribution in [3.05, 3.63) is 84.1 Å². The molecule has 1 fully saturated rings. The van der Waals surface area contributed by atoms with Crippen LogP contribution in [0.3, 0.4) is 0 Å². The molecule has 12 heteroatoms. The SMILES string of the molecule is O=C([O-])N1C(=O)OC(c2ccc(Oc3ccccn3)cc2)C1Cc1cccc(OC(F)(F)C(F)F)c1. The third-order valence-electron chi connectivity index (χ3n) is 5.22. The van der Waals surface area contributed by atoms with Crippen molar-refractivity contribution >= 4 is 12.2 Å². The molecule has 1 aliphatic heterocycles. The van der Waals surface area contributed by atoms with Crippen LogP contribution < -0.4 is 14.6 Å². The molecule has 0 bridgehead atoms. The first-order valence-electron chi connectivity index (χ1n) is 10.5. The van der Waals surface area contributed by atoms with Crippen molar-refractivity contribution in [2.24, 2.45) is 0 Å². The maximum Gasteiger partial charge on any atom is 0.461 e. The number of aromatic nitrogens is 1. The van der Waals surface area contributed by atoms with E-state index < -0.39 is 42.6 Å². The molecule has 0 aliphatic carbocycles. The summed E-state index contributed by atoms with van der Waals surface area (Å²) in [6.45, 7) is 0. The maximum atomic E-state index is 13.3. The molecule has 1 aliphatic rings. The number of imide groups is 1. The van der Waals surface area contributed by atoms with Gasteiger partial charge in [0.25, 0.3) is 0 Å². The minimum absolute atomic E-state index is 0.200. The molecule has 0 N–H and O–H groups in total. The summed E-state index contributed by atoms with van der Waals surface area (Å²) in [4.78, 5) is 28.4. The monoisotopic (exact) mass is 505 g/mol. The van der Waals surface area contributed by atoms with Crippen molar-refractivity contribution < 1.29 is 46.5 Å².